The van der Waals surface area contributed by atoms with Crippen LogP contribution >= 0.6 is 0 Å². The molecule has 0 amide bonds. The van der Waals surface area contributed by atoms with Gasteiger partial charge in [0.15, 0.2) is 0 Å². The van der Waals surface area contributed by atoms with E-state index in [1.165, 1.54) is 25.3 Å². The van der Waals surface area contributed by atoms with E-state index in [-0.39, 0.29) is 37.0 Å². The zero-order chi connectivity index (χ0) is 15.9. The fourth-order valence-corrected chi connectivity index (χ4v) is 1.73. The lowest BCUT2D eigenvalue weighted by atomic mass is 10.3. The maximum Gasteiger partial charge on any atom is 0.311 e. The van der Waals surface area contributed by atoms with Crippen molar-refractivity contribution in [2.75, 3.05) is 32.7 Å². The summed E-state index contributed by atoms with van der Waals surface area (Å²) in [6, 6.07) is 4.12. The van der Waals surface area contributed by atoms with E-state index in [1.807, 2.05) is 0 Å². The molecule has 1 rings (SSSR count). The third-order valence-corrected chi connectivity index (χ3v) is 3.10. The number of rotatable bonds is 9. The first-order valence-electron chi connectivity index (χ1n) is 5.87. The number of hydrogen-bond acceptors (Lipinski definition) is 7. The molecule has 0 aliphatic rings. The van der Waals surface area contributed by atoms with Gasteiger partial charge in [-0.2, -0.15) is 0 Å². The predicted octanol–water partition coefficient (Wildman–Crippen LogP) is 0.287. The molecule has 0 heterocycles. The number of hydrogen-bond donors (Lipinski definition) is 1. The summed E-state index contributed by atoms with van der Waals surface area (Å²) in [5.74, 6) is 0.173. The molecule has 0 atom stereocenters. The van der Waals surface area contributed by atoms with Crippen molar-refractivity contribution in [1.29, 1.82) is 0 Å². The van der Waals surface area contributed by atoms with Crippen molar-refractivity contribution in [2.24, 2.45) is 5.14 Å². The minimum Gasteiger partial charge on any atom is -0.497 e. The number of nitro groups is 1. The first-order chi connectivity index (χ1) is 9.83. The zero-order valence-corrected chi connectivity index (χ0v) is 12.2. The molecule has 0 aliphatic carbocycles. The lowest BCUT2D eigenvalue weighted by Gasteiger charge is -2.08. The first-order valence-corrected chi connectivity index (χ1v) is 7.58. The molecule has 0 fully saturated rings. The molecule has 2 N–H and O–H groups in total. The van der Waals surface area contributed by atoms with E-state index in [2.05, 4.69) is 0 Å². The van der Waals surface area contributed by atoms with Gasteiger partial charge >= 0.3 is 5.69 Å². The Morgan fingerprint density at radius 2 is 2.00 bits per heavy atom. The van der Waals surface area contributed by atoms with Crippen LogP contribution in [0.4, 0.5) is 5.69 Å². The molecule has 10 heteroatoms. The van der Waals surface area contributed by atoms with Crippen LogP contribution in [0.1, 0.15) is 0 Å². The monoisotopic (exact) mass is 320 g/mol. The summed E-state index contributed by atoms with van der Waals surface area (Å²) in [5, 5.41) is 15.6. The van der Waals surface area contributed by atoms with Gasteiger partial charge in [0.2, 0.25) is 15.8 Å². The van der Waals surface area contributed by atoms with E-state index >= 15 is 0 Å². The Bertz CT molecular complexity index is 588. The molecule has 0 aromatic heterocycles. The van der Waals surface area contributed by atoms with Crippen LogP contribution < -0.4 is 14.6 Å². The average molecular weight is 320 g/mol. The summed E-state index contributed by atoms with van der Waals surface area (Å²) < 4.78 is 36.5. The summed E-state index contributed by atoms with van der Waals surface area (Å²) in [6.07, 6.45) is 0. The Hall–Kier alpha value is -1.91. The molecule has 0 spiro atoms. The third kappa shape index (κ3) is 6.38. The standard InChI is InChI=1S/C11H16N2O7S/c1-18-9-2-3-10(13(14)15)11(8-9)20-5-4-19-6-7-21(12,16)17/h2-3,8H,4-7H2,1H3,(H2,12,16,17). The van der Waals surface area contributed by atoms with E-state index in [0.717, 1.165) is 0 Å². The molecule has 0 bridgehead atoms. The van der Waals surface area contributed by atoms with Gasteiger partial charge in [0.1, 0.15) is 12.4 Å². The normalized spacial score (nSPS) is 11.1. The van der Waals surface area contributed by atoms with Gasteiger partial charge in [-0.1, -0.05) is 0 Å². The van der Waals surface area contributed by atoms with E-state index < -0.39 is 14.9 Å². The molecular formula is C11H16N2O7S. The lowest BCUT2D eigenvalue weighted by molar-refractivity contribution is -0.385. The fraction of sp³-hybridized carbons (Fsp3) is 0.455. The molecule has 1 aromatic carbocycles. The van der Waals surface area contributed by atoms with E-state index in [4.69, 9.17) is 19.3 Å². The van der Waals surface area contributed by atoms with Gasteiger partial charge in [-0.3, -0.25) is 10.1 Å². The highest BCUT2D eigenvalue weighted by molar-refractivity contribution is 7.89. The van der Waals surface area contributed by atoms with Gasteiger partial charge in [-0.05, 0) is 6.07 Å². The van der Waals surface area contributed by atoms with E-state index in [0.29, 0.717) is 5.75 Å². The predicted molar refractivity (Wildman–Crippen MR) is 73.9 cm³/mol. The van der Waals surface area contributed by atoms with Crippen LogP contribution in [0.5, 0.6) is 11.5 Å². The fourth-order valence-electron chi connectivity index (χ4n) is 1.38. The van der Waals surface area contributed by atoms with Gasteiger partial charge < -0.3 is 14.2 Å². The third-order valence-electron chi connectivity index (χ3n) is 2.36. The highest BCUT2D eigenvalue weighted by atomic mass is 32.2. The molecule has 0 radical (unpaired) electrons. The highest BCUT2D eigenvalue weighted by Crippen LogP contribution is 2.30. The molecule has 0 unspecified atom stereocenters. The van der Waals surface area contributed by atoms with Crippen LogP contribution in [0.2, 0.25) is 0 Å². The van der Waals surface area contributed by atoms with Crippen molar-refractivity contribution in [1.82, 2.24) is 0 Å². The van der Waals surface area contributed by atoms with Crippen molar-refractivity contribution in [2.45, 2.75) is 0 Å². The Kier molecular flexibility index (Phi) is 6.34. The van der Waals surface area contributed by atoms with Crippen LogP contribution in [0, 0.1) is 10.1 Å². The second-order valence-electron chi connectivity index (χ2n) is 3.92. The van der Waals surface area contributed by atoms with Crippen LogP contribution in [0.3, 0.4) is 0 Å². The molecule has 0 saturated carbocycles. The van der Waals surface area contributed by atoms with Crippen LogP contribution in [0.15, 0.2) is 18.2 Å². The summed E-state index contributed by atoms with van der Waals surface area (Å²) in [5.41, 5.74) is -0.194. The van der Waals surface area contributed by atoms with Crippen LogP contribution in [0.25, 0.3) is 0 Å². The molecule has 1 aromatic rings. The second kappa shape index (κ2) is 7.76. The Labute approximate surface area is 121 Å². The molecule has 21 heavy (non-hydrogen) atoms. The first kappa shape index (κ1) is 17.1. The van der Waals surface area contributed by atoms with Gasteiger partial charge in [-0.25, -0.2) is 13.6 Å². The lowest BCUT2D eigenvalue weighted by Crippen LogP contribution is -2.21. The topological polar surface area (TPSA) is 131 Å². The summed E-state index contributed by atoms with van der Waals surface area (Å²) in [6.45, 7) is 0.0326. The number of benzene rings is 1. The number of methoxy groups -OCH3 is 1. The highest BCUT2D eigenvalue weighted by Gasteiger charge is 2.16. The molecule has 9 nitrogen and oxygen atoms in total. The molecular weight excluding hydrogens is 304 g/mol. The molecule has 118 valence electrons. The number of primary sulfonamides is 1. The summed E-state index contributed by atoms with van der Waals surface area (Å²) in [4.78, 5) is 10.3. The smallest absolute Gasteiger partial charge is 0.311 e. The van der Waals surface area contributed by atoms with Crippen LogP contribution in [-0.2, 0) is 14.8 Å². The Morgan fingerprint density at radius 1 is 1.29 bits per heavy atom. The van der Waals surface area contributed by atoms with Crippen molar-refractivity contribution in [3.05, 3.63) is 28.3 Å². The van der Waals surface area contributed by atoms with Crippen LogP contribution in [-0.4, -0.2) is 46.0 Å². The SMILES string of the molecule is COc1ccc([N+](=O)[O-])c(OCCOCCS(N)(=O)=O)c1. The number of nitro benzene ring substituents is 1. The van der Waals surface area contributed by atoms with Crippen molar-refractivity contribution in [3.63, 3.8) is 0 Å². The van der Waals surface area contributed by atoms with Gasteiger partial charge in [-0.15, -0.1) is 0 Å². The average Bonchev–Trinajstić information content (AvgIpc) is 2.41. The Balaban J connectivity index is 2.49. The largest absolute Gasteiger partial charge is 0.497 e. The van der Waals surface area contributed by atoms with E-state index in [9.17, 15) is 18.5 Å². The van der Waals surface area contributed by atoms with Gasteiger partial charge in [0, 0.05) is 12.1 Å². The number of nitrogens with zero attached hydrogens (tertiary/aromatic N) is 1. The number of sulfonamides is 1. The maximum atomic E-state index is 10.8. The second-order valence-corrected chi connectivity index (χ2v) is 5.65. The quantitative estimate of drug-likeness (QED) is 0.393. The van der Waals surface area contributed by atoms with Crippen molar-refractivity contribution >= 4 is 15.7 Å². The Morgan fingerprint density at radius 3 is 2.57 bits per heavy atom. The van der Waals surface area contributed by atoms with Crippen molar-refractivity contribution in [3.8, 4) is 11.5 Å². The zero-order valence-electron chi connectivity index (χ0n) is 11.4. The van der Waals surface area contributed by atoms with Crippen molar-refractivity contribution < 1.29 is 27.6 Å². The minimum absolute atomic E-state index is 0.0264. The van der Waals surface area contributed by atoms with Gasteiger partial charge in [0.05, 0.1) is 31.0 Å². The summed E-state index contributed by atoms with van der Waals surface area (Å²) >= 11 is 0. The van der Waals surface area contributed by atoms with E-state index in [1.54, 1.807) is 0 Å². The number of nitrogens with two attached hydrogens (primary N) is 1. The van der Waals surface area contributed by atoms with Gasteiger partial charge in [0.25, 0.3) is 0 Å². The minimum atomic E-state index is -3.56. The number of ether oxygens (including phenoxy) is 3. The molecule has 0 aliphatic heterocycles. The maximum absolute atomic E-state index is 10.8. The molecule has 0 saturated heterocycles. The summed E-state index contributed by atoms with van der Waals surface area (Å²) in [7, 11) is -2.13.